The number of pyridine rings is 2. The molecule has 0 bridgehead atoms. The monoisotopic (exact) mass is 805 g/mol. The fourth-order valence-corrected chi connectivity index (χ4v) is 6.67. The van der Waals surface area contributed by atoms with E-state index < -0.39 is 13.8 Å². The first-order valence-corrected chi connectivity index (χ1v) is 22.3. The number of aliphatic hydroxyl groups excluding tert-OH is 1. The van der Waals surface area contributed by atoms with Gasteiger partial charge in [-0.1, -0.05) is 40.4 Å². The van der Waals surface area contributed by atoms with Crippen LogP contribution >= 0.6 is 0 Å². The molecule has 1 N–H and O–H groups in total. The third kappa shape index (κ3) is 10.5. The second kappa shape index (κ2) is 19.1. The summed E-state index contributed by atoms with van der Waals surface area (Å²) in [6, 6.07) is 4.84. The summed E-state index contributed by atoms with van der Waals surface area (Å²) in [6.45, 7) is 13.8. The van der Waals surface area contributed by atoms with Gasteiger partial charge in [0.1, 0.15) is 24.0 Å². The molecule has 6 rings (SSSR count). The van der Waals surface area contributed by atoms with E-state index in [0.29, 0.717) is 53.9 Å². The molecule has 0 aromatic carbocycles. The predicted molar refractivity (Wildman–Crippen MR) is 222 cm³/mol. The normalized spacial score (nSPS) is 12.1. The molecule has 18 heteroatoms. The largest absolute Gasteiger partial charge is 0.441 e. The molecule has 308 valence electrons. The van der Waals surface area contributed by atoms with Crippen molar-refractivity contribution < 1.29 is 19.3 Å². The van der Waals surface area contributed by atoms with Crippen LogP contribution < -0.4 is 32.0 Å². The average Bonchev–Trinajstić information content (AvgIpc) is 3.73. The van der Waals surface area contributed by atoms with E-state index in [0.717, 1.165) is 34.6 Å². The van der Waals surface area contributed by atoms with Crippen molar-refractivity contribution in [3.05, 3.63) is 95.3 Å². The van der Waals surface area contributed by atoms with Crippen molar-refractivity contribution in [1.29, 1.82) is 0 Å². The number of aryl methyl sites for hydroxylation is 3. The second-order valence-electron chi connectivity index (χ2n) is 15.0. The summed E-state index contributed by atoms with van der Waals surface area (Å²) in [5.74, 6) is 1.71. The van der Waals surface area contributed by atoms with Gasteiger partial charge in [-0.15, -0.1) is 0 Å². The van der Waals surface area contributed by atoms with Gasteiger partial charge < -0.3 is 19.3 Å². The highest BCUT2D eigenvalue weighted by Crippen LogP contribution is 2.25. The Kier molecular flexibility index (Phi) is 14.8. The smallest absolute Gasteiger partial charge is 0.332 e. The molecule has 0 radical (unpaired) electrons. The number of hydrogen-bond acceptors (Lipinski definition) is 12. The van der Waals surface area contributed by atoms with Gasteiger partial charge in [-0.3, -0.25) is 42.4 Å². The quantitative estimate of drug-likeness (QED) is 0.123. The number of fused-ring (bicyclic) bond motifs is 2. The Labute approximate surface area is 331 Å². The number of rotatable bonds is 14. The van der Waals surface area contributed by atoms with E-state index >= 15 is 0 Å². The maximum atomic E-state index is 13.3. The molecular formula is C39H55N9O8Si. The van der Waals surface area contributed by atoms with Crippen molar-refractivity contribution in [3.63, 3.8) is 0 Å². The maximum Gasteiger partial charge on any atom is 0.332 e. The van der Waals surface area contributed by atoms with Gasteiger partial charge in [0.15, 0.2) is 11.2 Å². The van der Waals surface area contributed by atoms with Gasteiger partial charge in [0.25, 0.3) is 11.1 Å². The van der Waals surface area contributed by atoms with E-state index in [2.05, 4.69) is 39.6 Å². The lowest BCUT2D eigenvalue weighted by molar-refractivity contribution is 0.0848. The Bertz CT molecular complexity index is 2470. The molecule has 0 saturated heterocycles. The number of aromatic nitrogens is 8. The second-order valence-corrected chi connectivity index (χ2v) is 20.6. The van der Waals surface area contributed by atoms with Gasteiger partial charge in [0, 0.05) is 60.9 Å². The zero-order valence-corrected chi connectivity index (χ0v) is 34.4. The molecule has 5 aromatic heterocycles. The minimum absolute atomic E-state index is 0. The molecule has 57 heavy (non-hydrogen) atoms. The number of hydrogen-bond donors (Lipinski definition) is 1. The highest BCUT2D eigenvalue weighted by molar-refractivity contribution is 6.76. The zero-order valence-electron chi connectivity index (χ0n) is 33.4. The van der Waals surface area contributed by atoms with Crippen molar-refractivity contribution in [3.8, 4) is 17.5 Å². The summed E-state index contributed by atoms with van der Waals surface area (Å²) < 4.78 is 24.4. The van der Waals surface area contributed by atoms with E-state index in [1.807, 2.05) is 32.9 Å². The Morgan fingerprint density at radius 2 is 1.40 bits per heavy atom. The highest BCUT2D eigenvalue weighted by Gasteiger charge is 2.26. The molecule has 0 saturated carbocycles. The van der Waals surface area contributed by atoms with E-state index in [4.69, 9.17) is 19.3 Å². The third-order valence-corrected chi connectivity index (χ3v) is 10.7. The maximum absolute atomic E-state index is 13.3. The van der Waals surface area contributed by atoms with Crippen molar-refractivity contribution in [2.45, 2.75) is 99.4 Å². The molecular weight excluding hydrogens is 751 g/mol. The van der Waals surface area contributed by atoms with Crippen LogP contribution in [0.2, 0.25) is 25.7 Å². The fourth-order valence-electron chi connectivity index (χ4n) is 5.91. The zero-order chi connectivity index (χ0) is 40.7. The van der Waals surface area contributed by atoms with Crippen LogP contribution in [0.5, 0.6) is 17.5 Å². The topological polar surface area (TPSA) is 192 Å². The SMILES string of the molecule is C.CCCCn1c(=O)c2c(nc(Oc3cncc(C)c3)n2COCC[Si](C)(C)C)n(C)c1=O.Cc1cncc(OC2=Nc3c(c(=O)n(CCCO)c(=O)n3C)C2)c1. The van der Waals surface area contributed by atoms with Crippen LogP contribution in [0.4, 0.5) is 5.82 Å². The first kappa shape index (κ1) is 44.3. The first-order chi connectivity index (χ1) is 26.6. The molecule has 1 aliphatic rings. The summed E-state index contributed by atoms with van der Waals surface area (Å²) in [7, 11) is 1.92. The van der Waals surface area contributed by atoms with Crippen LogP contribution in [0.25, 0.3) is 11.2 Å². The van der Waals surface area contributed by atoms with Crippen molar-refractivity contribution in [1.82, 2.24) is 37.8 Å². The first-order valence-electron chi connectivity index (χ1n) is 18.6. The van der Waals surface area contributed by atoms with Crippen LogP contribution in [0.3, 0.4) is 0 Å². The summed E-state index contributed by atoms with van der Waals surface area (Å²) in [5.41, 5.74) is 1.28. The summed E-state index contributed by atoms with van der Waals surface area (Å²) >= 11 is 0. The standard InChI is InChI=1S/C22H33N5O4Si.C16H18N4O4.CH4/c1-7-8-9-26-20(28)18-19(25(3)22(26)29)24-21(31-17-12-16(2)13-23-14-17)27(18)15-30-10-11-32(4,5)6;1-10-6-11(9-17-8-10)24-13-7-12-14(18-13)19(2)16(23)20(15(12)22)4-3-5-21;/h12-14H,7-11,15H2,1-6H3;6,8-9,21H,3-5,7H2,1-2H3;1H4. The molecule has 0 amide bonds. The van der Waals surface area contributed by atoms with Gasteiger partial charge >= 0.3 is 17.4 Å². The van der Waals surface area contributed by atoms with Crippen LogP contribution in [-0.4, -0.2) is 70.1 Å². The van der Waals surface area contributed by atoms with Crippen LogP contribution in [0.15, 0.2) is 61.1 Å². The van der Waals surface area contributed by atoms with E-state index in [9.17, 15) is 19.2 Å². The number of nitrogens with zero attached hydrogens (tertiary/aromatic N) is 9. The minimum atomic E-state index is -1.27. The Balaban J connectivity index is 0.000000258. The molecule has 0 aliphatic carbocycles. The Morgan fingerprint density at radius 3 is 2.00 bits per heavy atom. The lowest BCUT2D eigenvalue weighted by atomic mass is 10.2. The average molecular weight is 806 g/mol. The van der Waals surface area contributed by atoms with E-state index in [1.54, 1.807) is 43.4 Å². The molecule has 17 nitrogen and oxygen atoms in total. The number of unbranched alkanes of at least 4 members (excludes halogenated alkanes) is 1. The third-order valence-electron chi connectivity index (χ3n) is 9.00. The summed E-state index contributed by atoms with van der Waals surface area (Å²) in [4.78, 5) is 67.9. The number of aliphatic imine (C=N–C) groups is 1. The molecule has 0 fully saturated rings. The molecule has 0 atom stereocenters. The van der Waals surface area contributed by atoms with E-state index in [1.165, 1.54) is 13.7 Å². The number of imidazole rings is 1. The highest BCUT2D eigenvalue weighted by atomic mass is 28.3. The molecule has 6 heterocycles. The number of aliphatic hydroxyl groups is 1. The lowest BCUT2D eigenvalue weighted by Crippen LogP contribution is -2.40. The van der Waals surface area contributed by atoms with Crippen molar-refractivity contribution in [2.24, 2.45) is 19.1 Å². The van der Waals surface area contributed by atoms with Crippen LogP contribution in [0.1, 0.15) is 50.3 Å². The summed E-state index contributed by atoms with van der Waals surface area (Å²) in [6.07, 6.45) is 8.76. The van der Waals surface area contributed by atoms with Gasteiger partial charge in [0.05, 0.1) is 24.4 Å². The molecule has 1 aliphatic heterocycles. The molecule has 5 aromatic rings. The Hall–Kier alpha value is -5.46. The molecule has 0 unspecified atom stereocenters. The van der Waals surface area contributed by atoms with Gasteiger partial charge in [-0.2, -0.15) is 9.98 Å². The number of ether oxygens (including phenoxy) is 3. The lowest BCUT2D eigenvalue weighted by Gasteiger charge is -2.16. The van der Waals surface area contributed by atoms with Crippen LogP contribution in [-0.2, 0) is 45.1 Å². The van der Waals surface area contributed by atoms with Gasteiger partial charge in [-0.05, 0) is 56.0 Å². The summed E-state index contributed by atoms with van der Waals surface area (Å²) in [5, 5.41) is 8.93. The van der Waals surface area contributed by atoms with Crippen molar-refractivity contribution >= 4 is 31.0 Å². The Morgan fingerprint density at radius 1 is 0.807 bits per heavy atom. The van der Waals surface area contributed by atoms with Gasteiger partial charge in [0.2, 0.25) is 5.90 Å². The van der Waals surface area contributed by atoms with Crippen molar-refractivity contribution in [2.75, 3.05) is 13.2 Å². The fraction of sp³-hybridized carbons (Fsp3) is 0.487. The van der Waals surface area contributed by atoms with Gasteiger partial charge in [-0.25, -0.2) is 9.59 Å². The molecule has 0 spiro atoms. The predicted octanol–water partition coefficient (Wildman–Crippen LogP) is 4.44. The minimum Gasteiger partial charge on any atom is -0.441 e. The van der Waals surface area contributed by atoms with E-state index in [-0.39, 0.29) is 62.2 Å². The van der Waals surface area contributed by atoms with Crippen LogP contribution in [0, 0.1) is 13.8 Å².